The van der Waals surface area contributed by atoms with E-state index >= 15 is 0 Å². The smallest absolute Gasteiger partial charge is 0.367 e. The number of hydrogen-bond acceptors (Lipinski definition) is 9. The Kier molecular flexibility index (Phi) is 5.09. The molecule has 1 saturated heterocycles. The van der Waals surface area contributed by atoms with Gasteiger partial charge in [0.2, 0.25) is 22.5 Å². The predicted molar refractivity (Wildman–Crippen MR) is 98.8 cm³/mol. The number of nitrogens with zero attached hydrogens (tertiary/aromatic N) is 5. The van der Waals surface area contributed by atoms with Gasteiger partial charge < -0.3 is 14.1 Å². The minimum atomic E-state index is -0.362. The molecule has 9 heteroatoms. The Labute approximate surface area is 161 Å². The molecule has 8 nitrogen and oxygen atoms in total. The van der Waals surface area contributed by atoms with E-state index in [4.69, 9.17) is 9.15 Å². The Balaban J connectivity index is 1.34. The molecule has 1 saturated carbocycles. The first-order valence-corrected chi connectivity index (χ1v) is 10.1. The Bertz CT molecular complexity index is 859. The monoisotopic (exact) mass is 387 g/mol. The molecule has 1 aliphatic carbocycles. The Morgan fingerprint density at radius 3 is 2.81 bits per heavy atom. The SMILES string of the molecule is CCOC(=O)c1nc(CN2CCN(c3oc(C4CC4)nc3C#N)CC2)cs1. The Morgan fingerprint density at radius 1 is 1.37 bits per heavy atom. The van der Waals surface area contributed by atoms with Crippen molar-refractivity contribution in [1.29, 1.82) is 5.26 Å². The van der Waals surface area contributed by atoms with Crippen LogP contribution in [0.15, 0.2) is 9.80 Å². The molecule has 0 N–H and O–H groups in total. The van der Waals surface area contributed by atoms with Crippen molar-refractivity contribution in [3.05, 3.63) is 27.7 Å². The fourth-order valence-electron chi connectivity index (χ4n) is 3.12. The standard InChI is InChI=1S/C18H21N5O3S/c1-2-25-18(24)16-20-13(11-27-16)10-22-5-7-23(8-6-22)17-14(9-19)21-15(26-17)12-3-4-12/h11-12H,2-8,10H2,1H3. The van der Waals surface area contributed by atoms with Crippen molar-refractivity contribution < 1.29 is 13.9 Å². The predicted octanol–water partition coefficient (Wildman–Crippen LogP) is 2.38. The molecule has 142 valence electrons. The van der Waals surface area contributed by atoms with Gasteiger partial charge in [-0.05, 0) is 19.8 Å². The van der Waals surface area contributed by atoms with Crippen molar-refractivity contribution in [1.82, 2.24) is 14.9 Å². The van der Waals surface area contributed by atoms with Crippen molar-refractivity contribution in [3.8, 4) is 6.07 Å². The number of piperazine rings is 1. The van der Waals surface area contributed by atoms with Gasteiger partial charge in [-0.1, -0.05) is 0 Å². The highest BCUT2D eigenvalue weighted by atomic mass is 32.1. The molecule has 2 aromatic heterocycles. The lowest BCUT2D eigenvalue weighted by atomic mass is 10.3. The molecule has 4 rings (SSSR count). The summed E-state index contributed by atoms with van der Waals surface area (Å²) in [6, 6.07) is 2.16. The second-order valence-electron chi connectivity index (χ2n) is 6.72. The summed E-state index contributed by atoms with van der Waals surface area (Å²) in [4.78, 5) is 24.8. The summed E-state index contributed by atoms with van der Waals surface area (Å²) in [7, 11) is 0. The molecule has 27 heavy (non-hydrogen) atoms. The highest BCUT2D eigenvalue weighted by Crippen LogP contribution is 2.41. The summed E-state index contributed by atoms with van der Waals surface area (Å²) in [5.41, 5.74) is 1.27. The minimum Gasteiger partial charge on any atom is -0.461 e. The van der Waals surface area contributed by atoms with E-state index in [0.29, 0.717) is 41.5 Å². The van der Waals surface area contributed by atoms with Crippen LogP contribution in [-0.2, 0) is 11.3 Å². The molecule has 0 radical (unpaired) electrons. The normalized spacial score (nSPS) is 17.7. The van der Waals surface area contributed by atoms with Crippen LogP contribution in [-0.4, -0.2) is 53.6 Å². The number of nitriles is 1. The lowest BCUT2D eigenvalue weighted by molar-refractivity contribution is 0.0525. The maximum atomic E-state index is 11.7. The zero-order valence-corrected chi connectivity index (χ0v) is 16.0. The first kappa shape index (κ1) is 17.9. The van der Waals surface area contributed by atoms with Gasteiger partial charge in [0.05, 0.1) is 12.3 Å². The summed E-state index contributed by atoms with van der Waals surface area (Å²) in [6.45, 7) is 6.02. The maximum Gasteiger partial charge on any atom is 0.367 e. The molecule has 2 fully saturated rings. The number of hydrogen-bond donors (Lipinski definition) is 0. The van der Waals surface area contributed by atoms with E-state index in [0.717, 1.165) is 44.7 Å². The first-order chi connectivity index (χ1) is 13.2. The van der Waals surface area contributed by atoms with E-state index in [1.54, 1.807) is 6.92 Å². The molecule has 0 unspecified atom stereocenters. The van der Waals surface area contributed by atoms with Gasteiger partial charge in [0, 0.05) is 44.0 Å². The quantitative estimate of drug-likeness (QED) is 0.697. The number of oxazole rings is 1. The van der Waals surface area contributed by atoms with Crippen molar-refractivity contribution in [2.24, 2.45) is 0 Å². The van der Waals surface area contributed by atoms with Crippen LogP contribution in [0.25, 0.3) is 0 Å². The Morgan fingerprint density at radius 2 is 2.15 bits per heavy atom. The third kappa shape index (κ3) is 3.96. The van der Waals surface area contributed by atoms with Gasteiger partial charge in [0.25, 0.3) is 0 Å². The average molecular weight is 387 g/mol. The van der Waals surface area contributed by atoms with E-state index in [2.05, 4.69) is 25.8 Å². The molecule has 0 aromatic carbocycles. The number of carbonyl (C=O) groups excluding carboxylic acids is 1. The van der Waals surface area contributed by atoms with Crippen LogP contribution in [0.4, 0.5) is 5.88 Å². The van der Waals surface area contributed by atoms with E-state index in [1.165, 1.54) is 11.3 Å². The summed E-state index contributed by atoms with van der Waals surface area (Å²) in [6.07, 6.45) is 2.19. The first-order valence-electron chi connectivity index (χ1n) is 9.17. The fraction of sp³-hybridized carbons (Fsp3) is 0.556. The number of rotatable bonds is 6. The van der Waals surface area contributed by atoms with Crippen LogP contribution in [0.2, 0.25) is 0 Å². The summed E-state index contributed by atoms with van der Waals surface area (Å²) in [5.74, 6) is 1.35. The lowest BCUT2D eigenvalue weighted by Gasteiger charge is -2.34. The van der Waals surface area contributed by atoms with Crippen molar-refractivity contribution in [2.75, 3.05) is 37.7 Å². The molecule has 2 aliphatic rings. The number of thiazole rings is 1. The van der Waals surface area contributed by atoms with Crippen molar-refractivity contribution in [2.45, 2.75) is 32.2 Å². The number of anilines is 1. The zero-order valence-electron chi connectivity index (χ0n) is 15.2. The van der Waals surface area contributed by atoms with E-state index < -0.39 is 0 Å². The molecular weight excluding hydrogens is 366 g/mol. The highest BCUT2D eigenvalue weighted by molar-refractivity contribution is 7.11. The summed E-state index contributed by atoms with van der Waals surface area (Å²) < 4.78 is 10.9. The second-order valence-corrected chi connectivity index (χ2v) is 7.58. The lowest BCUT2D eigenvalue weighted by Crippen LogP contribution is -2.46. The molecular formula is C18H21N5O3S. The topological polar surface area (TPSA) is 95.5 Å². The molecule has 1 aliphatic heterocycles. The van der Waals surface area contributed by atoms with Crippen LogP contribution in [0.3, 0.4) is 0 Å². The molecule has 0 amide bonds. The van der Waals surface area contributed by atoms with Gasteiger partial charge in [0.15, 0.2) is 0 Å². The maximum absolute atomic E-state index is 11.7. The van der Waals surface area contributed by atoms with E-state index in [9.17, 15) is 10.1 Å². The zero-order chi connectivity index (χ0) is 18.8. The number of aromatic nitrogens is 2. The number of carbonyl (C=O) groups is 1. The van der Waals surface area contributed by atoms with Gasteiger partial charge in [0.1, 0.15) is 6.07 Å². The van der Waals surface area contributed by atoms with Gasteiger partial charge >= 0.3 is 5.97 Å². The molecule has 2 aromatic rings. The highest BCUT2D eigenvalue weighted by Gasteiger charge is 2.32. The third-order valence-corrected chi connectivity index (χ3v) is 5.58. The molecule has 3 heterocycles. The van der Waals surface area contributed by atoms with Gasteiger partial charge in [-0.25, -0.2) is 14.8 Å². The third-order valence-electron chi connectivity index (χ3n) is 4.71. The van der Waals surface area contributed by atoms with Crippen LogP contribution in [0, 0.1) is 11.3 Å². The van der Waals surface area contributed by atoms with Crippen LogP contribution in [0.1, 0.15) is 52.8 Å². The largest absolute Gasteiger partial charge is 0.461 e. The van der Waals surface area contributed by atoms with Crippen molar-refractivity contribution in [3.63, 3.8) is 0 Å². The molecule has 0 atom stereocenters. The summed E-state index contributed by atoms with van der Waals surface area (Å²) >= 11 is 1.32. The molecule has 0 spiro atoms. The van der Waals surface area contributed by atoms with Crippen LogP contribution in [0.5, 0.6) is 0 Å². The van der Waals surface area contributed by atoms with Crippen molar-refractivity contribution >= 4 is 23.2 Å². The van der Waals surface area contributed by atoms with Crippen LogP contribution < -0.4 is 4.90 Å². The van der Waals surface area contributed by atoms with E-state index in [1.807, 2.05) is 5.38 Å². The van der Waals surface area contributed by atoms with Gasteiger partial charge in [-0.3, -0.25) is 4.90 Å². The Hall–Kier alpha value is -2.44. The van der Waals surface area contributed by atoms with Crippen LogP contribution >= 0.6 is 11.3 Å². The van der Waals surface area contributed by atoms with Gasteiger partial charge in [-0.15, -0.1) is 11.3 Å². The number of esters is 1. The summed E-state index contributed by atoms with van der Waals surface area (Å²) in [5, 5.41) is 11.7. The second kappa shape index (κ2) is 7.66. The number of ether oxygens (including phenoxy) is 1. The van der Waals surface area contributed by atoms with Gasteiger partial charge in [-0.2, -0.15) is 5.26 Å². The van der Waals surface area contributed by atoms with E-state index in [-0.39, 0.29) is 5.97 Å². The average Bonchev–Trinajstić information content (AvgIpc) is 3.27. The fourth-order valence-corrected chi connectivity index (χ4v) is 3.82. The molecule has 0 bridgehead atoms. The minimum absolute atomic E-state index is 0.352.